The van der Waals surface area contributed by atoms with Crippen molar-refractivity contribution in [3.63, 3.8) is 0 Å². The summed E-state index contributed by atoms with van der Waals surface area (Å²) in [6.07, 6.45) is 2.38. The van der Waals surface area contributed by atoms with Crippen molar-refractivity contribution in [2.45, 2.75) is 25.4 Å². The summed E-state index contributed by atoms with van der Waals surface area (Å²) in [6.45, 7) is 2.92. The van der Waals surface area contributed by atoms with Gasteiger partial charge in [-0.15, -0.1) is 0 Å². The van der Waals surface area contributed by atoms with E-state index in [1.807, 2.05) is 0 Å². The molecule has 2 amide bonds. The van der Waals surface area contributed by atoms with Gasteiger partial charge in [-0.1, -0.05) is 0 Å². The largest absolute Gasteiger partial charge is 0.459 e. The zero-order valence-electron chi connectivity index (χ0n) is 10.9. The Hall–Kier alpha value is -1.82. The first kappa shape index (κ1) is 13.6. The summed E-state index contributed by atoms with van der Waals surface area (Å²) >= 11 is 0. The van der Waals surface area contributed by atoms with E-state index in [1.165, 1.54) is 6.26 Å². The fourth-order valence-electron chi connectivity index (χ4n) is 2.05. The van der Waals surface area contributed by atoms with Gasteiger partial charge in [0.2, 0.25) is 5.91 Å². The number of nitrogens with one attached hydrogen (secondary N) is 1. The Kier molecular flexibility index (Phi) is 3.90. The molecule has 1 aliphatic heterocycles. The zero-order valence-corrected chi connectivity index (χ0v) is 10.9. The van der Waals surface area contributed by atoms with Crippen molar-refractivity contribution < 1.29 is 19.1 Å². The van der Waals surface area contributed by atoms with Gasteiger partial charge in [-0.05, 0) is 25.5 Å². The first-order chi connectivity index (χ1) is 8.98. The number of hydrogen-bond acceptors (Lipinski definition) is 4. The van der Waals surface area contributed by atoms with Crippen molar-refractivity contribution in [2.75, 3.05) is 19.6 Å². The molecule has 6 heteroatoms. The second-order valence-corrected chi connectivity index (χ2v) is 5.08. The van der Waals surface area contributed by atoms with Gasteiger partial charge in [0.15, 0.2) is 5.76 Å². The third-order valence-electron chi connectivity index (χ3n) is 3.01. The van der Waals surface area contributed by atoms with Gasteiger partial charge in [0.05, 0.1) is 25.0 Å². The minimum atomic E-state index is -0.733. The van der Waals surface area contributed by atoms with Crippen LogP contribution in [0.1, 0.15) is 30.3 Å². The highest BCUT2D eigenvalue weighted by molar-refractivity contribution is 5.91. The molecule has 1 aromatic rings. The van der Waals surface area contributed by atoms with Gasteiger partial charge in [-0.2, -0.15) is 0 Å². The van der Waals surface area contributed by atoms with Crippen LogP contribution in [0.2, 0.25) is 0 Å². The van der Waals surface area contributed by atoms with E-state index in [0.717, 1.165) is 0 Å². The molecule has 2 N–H and O–H groups in total. The molecule has 0 radical (unpaired) electrons. The number of β-amino-alcohol motifs (C(OH)–C–C–N with tert-alkyl or cyclic N) is 1. The number of amides is 2. The molecule has 1 aromatic heterocycles. The van der Waals surface area contributed by atoms with Crippen LogP contribution < -0.4 is 5.32 Å². The molecule has 2 rings (SSSR count). The topological polar surface area (TPSA) is 82.8 Å². The SMILES string of the molecule is CC1(O)CN(C(=O)CCCNC(=O)c2ccco2)C1. The van der Waals surface area contributed by atoms with Crippen LogP contribution in [-0.4, -0.2) is 47.1 Å². The van der Waals surface area contributed by atoms with Crippen LogP contribution in [0.25, 0.3) is 0 Å². The van der Waals surface area contributed by atoms with E-state index >= 15 is 0 Å². The third kappa shape index (κ3) is 3.57. The van der Waals surface area contributed by atoms with Gasteiger partial charge in [0, 0.05) is 13.0 Å². The highest BCUT2D eigenvalue weighted by atomic mass is 16.3. The smallest absolute Gasteiger partial charge is 0.286 e. The van der Waals surface area contributed by atoms with Crippen LogP contribution in [0, 0.1) is 0 Å². The zero-order chi connectivity index (χ0) is 13.9. The van der Waals surface area contributed by atoms with E-state index in [2.05, 4.69) is 5.32 Å². The fraction of sp³-hybridized carbons (Fsp3) is 0.538. The van der Waals surface area contributed by atoms with E-state index in [1.54, 1.807) is 24.0 Å². The molecule has 1 saturated heterocycles. The molecule has 104 valence electrons. The van der Waals surface area contributed by atoms with Gasteiger partial charge in [0.1, 0.15) is 0 Å². The predicted molar refractivity (Wildman–Crippen MR) is 67.5 cm³/mol. The number of aliphatic hydroxyl groups is 1. The normalized spacial score (nSPS) is 16.8. The Morgan fingerprint density at radius 3 is 2.84 bits per heavy atom. The highest BCUT2D eigenvalue weighted by Gasteiger charge is 2.38. The van der Waals surface area contributed by atoms with E-state index in [-0.39, 0.29) is 17.6 Å². The molecule has 1 aliphatic rings. The van der Waals surface area contributed by atoms with Crippen molar-refractivity contribution in [2.24, 2.45) is 0 Å². The van der Waals surface area contributed by atoms with Crippen molar-refractivity contribution in [3.8, 4) is 0 Å². The lowest BCUT2D eigenvalue weighted by Crippen LogP contribution is -2.61. The van der Waals surface area contributed by atoms with E-state index in [9.17, 15) is 14.7 Å². The average molecular weight is 266 g/mol. The summed E-state index contributed by atoms with van der Waals surface area (Å²) in [6, 6.07) is 3.23. The Labute approximate surface area is 111 Å². The highest BCUT2D eigenvalue weighted by Crippen LogP contribution is 2.20. The van der Waals surface area contributed by atoms with Crippen molar-refractivity contribution in [3.05, 3.63) is 24.2 Å². The number of likely N-dealkylation sites (tertiary alicyclic amines) is 1. The predicted octanol–water partition coefficient (Wildman–Crippen LogP) is 0.383. The maximum Gasteiger partial charge on any atom is 0.286 e. The van der Waals surface area contributed by atoms with E-state index in [4.69, 9.17) is 4.42 Å². The molecule has 0 aliphatic carbocycles. The number of nitrogens with zero attached hydrogens (tertiary/aromatic N) is 1. The minimum Gasteiger partial charge on any atom is -0.459 e. The molecular formula is C13H18N2O4. The maximum atomic E-state index is 11.7. The average Bonchev–Trinajstić information content (AvgIpc) is 2.84. The van der Waals surface area contributed by atoms with Crippen molar-refractivity contribution in [1.29, 1.82) is 0 Å². The molecule has 0 unspecified atom stereocenters. The number of carbonyl (C=O) groups is 2. The summed E-state index contributed by atoms with van der Waals surface area (Å²) in [5, 5.41) is 12.2. The number of carbonyl (C=O) groups excluding carboxylic acids is 2. The second-order valence-electron chi connectivity index (χ2n) is 5.08. The molecule has 0 saturated carbocycles. The lowest BCUT2D eigenvalue weighted by Gasteiger charge is -2.44. The summed E-state index contributed by atoms with van der Waals surface area (Å²) in [4.78, 5) is 24.8. The Morgan fingerprint density at radius 1 is 1.53 bits per heavy atom. The maximum absolute atomic E-state index is 11.7. The van der Waals surface area contributed by atoms with Crippen LogP contribution in [0.15, 0.2) is 22.8 Å². The lowest BCUT2D eigenvalue weighted by atomic mass is 9.96. The second kappa shape index (κ2) is 5.44. The Balaban J connectivity index is 1.60. The lowest BCUT2D eigenvalue weighted by molar-refractivity contribution is -0.152. The van der Waals surface area contributed by atoms with Crippen molar-refractivity contribution >= 4 is 11.8 Å². The van der Waals surface area contributed by atoms with Crippen LogP contribution in [0.5, 0.6) is 0 Å². The first-order valence-corrected chi connectivity index (χ1v) is 6.30. The quantitative estimate of drug-likeness (QED) is 0.755. The van der Waals surface area contributed by atoms with Crippen LogP contribution in [0.3, 0.4) is 0 Å². The molecule has 1 fully saturated rings. The molecule has 0 bridgehead atoms. The van der Waals surface area contributed by atoms with Crippen molar-refractivity contribution in [1.82, 2.24) is 10.2 Å². The molecule has 19 heavy (non-hydrogen) atoms. The first-order valence-electron chi connectivity index (χ1n) is 6.30. The number of furan rings is 1. The third-order valence-corrected chi connectivity index (χ3v) is 3.01. The van der Waals surface area contributed by atoms with Gasteiger partial charge in [0.25, 0.3) is 5.91 Å². The van der Waals surface area contributed by atoms with Gasteiger partial charge in [-0.3, -0.25) is 9.59 Å². The Morgan fingerprint density at radius 2 is 2.26 bits per heavy atom. The molecule has 0 aromatic carbocycles. The summed E-state index contributed by atoms with van der Waals surface area (Å²) in [5.74, 6) is 0.00761. The summed E-state index contributed by atoms with van der Waals surface area (Å²) in [7, 11) is 0. The van der Waals surface area contributed by atoms with Gasteiger partial charge >= 0.3 is 0 Å². The molecule has 0 atom stereocenters. The molecule has 6 nitrogen and oxygen atoms in total. The summed E-state index contributed by atoms with van der Waals surface area (Å²) in [5.41, 5.74) is -0.733. The molecular weight excluding hydrogens is 248 g/mol. The van der Waals surface area contributed by atoms with E-state index < -0.39 is 5.60 Å². The van der Waals surface area contributed by atoms with Crippen LogP contribution in [0.4, 0.5) is 0 Å². The standard InChI is InChI=1S/C13H18N2O4/c1-13(18)8-15(9-13)11(16)5-2-6-14-12(17)10-4-3-7-19-10/h3-4,7,18H,2,5-6,8-9H2,1H3,(H,14,17). The van der Waals surface area contributed by atoms with Crippen LogP contribution in [-0.2, 0) is 4.79 Å². The van der Waals surface area contributed by atoms with Crippen LogP contribution >= 0.6 is 0 Å². The number of rotatable bonds is 5. The summed E-state index contributed by atoms with van der Waals surface area (Å²) < 4.78 is 4.95. The van der Waals surface area contributed by atoms with E-state index in [0.29, 0.717) is 32.5 Å². The number of hydrogen-bond donors (Lipinski definition) is 2. The molecule has 2 heterocycles. The fourth-order valence-corrected chi connectivity index (χ4v) is 2.05. The molecule has 0 spiro atoms. The Bertz CT molecular complexity index is 445. The monoisotopic (exact) mass is 266 g/mol. The van der Waals surface area contributed by atoms with Gasteiger partial charge in [-0.25, -0.2) is 0 Å². The minimum absolute atomic E-state index is 0.0128. The van der Waals surface area contributed by atoms with Gasteiger partial charge < -0.3 is 19.7 Å².